The summed E-state index contributed by atoms with van der Waals surface area (Å²) in [6, 6.07) is 6.78. The minimum Gasteiger partial charge on any atom is -0.480 e. The van der Waals surface area contributed by atoms with Crippen LogP contribution < -0.4 is 10.6 Å². The molecule has 6 heteroatoms. The lowest BCUT2D eigenvalue weighted by molar-refractivity contribution is -0.136. The smallest absolute Gasteiger partial charge is 0.323 e. The monoisotopic (exact) mass is 292 g/mol. The highest BCUT2D eigenvalue weighted by Gasteiger charge is 2.23. The number of nitrogen functional groups attached to an aromatic ring is 1. The van der Waals surface area contributed by atoms with Gasteiger partial charge in [-0.1, -0.05) is 12.1 Å². The van der Waals surface area contributed by atoms with Crippen LogP contribution in [0.2, 0.25) is 0 Å². The predicted octanol–water partition coefficient (Wildman–Crippen LogP) is 1.65. The van der Waals surface area contributed by atoms with Crippen LogP contribution in [0, 0.1) is 0 Å². The van der Waals surface area contributed by atoms with Gasteiger partial charge in [0.1, 0.15) is 6.54 Å². The summed E-state index contributed by atoms with van der Waals surface area (Å²) in [6.45, 7) is 0.349. The Balaban J connectivity index is 2.06. The Labute approximate surface area is 123 Å². The van der Waals surface area contributed by atoms with Crippen molar-refractivity contribution in [2.75, 3.05) is 23.8 Å². The van der Waals surface area contributed by atoms with Gasteiger partial charge in [-0.3, -0.25) is 14.5 Å². The van der Waals surface area contributed by atoms with Crippen LogP contribution in [0.15, 0.2) is 24.3 Å². The average Bonchev–Trinajstić information content (AvgIpc) is 2.96. The Kier molecular flexibility index (Phi) is 5.16. The van der Waals surface area contributed by atoms with E-state index in [0.717, 1.165) is 19.4 Å². The van der Waals surface area contributed by atoms with Gasteiger partial charge in [-0.15, -0.1) is 0 Å². The fourth-order valence-corrected chi connectivity index (χ4v) is 2.47. The van der Waals surface area contributed by atoms with Gasteiger partial charge >= 0.3 is 5.97 Å². The number of nitrogens with zero attached hydrogens (tertiary/aromatic N) is 1. The number of anilines is 2. The van der Waals surface area contributed by atoms with E-state index < -0.39 is 12.5 Å². The molecule has 3 N–H and O–H groups in total. The first-order chi connectivity index (χ1) is 10.1. The summed E-state index contributed by atoms with van der Waals surface area (Å²) in [5.74, 6) is -1.31. The van der Waals surface area contributed by atoms with E-state index in [0.29, 0.717) is 17.8 Å². The molecule has 1 aliphatic rings. The zero-order valence-electron chi connectivity index (χ0n) is 11.8. The standard InChI is InChI=1S/C15H20N2O4/c16-12-5-1-2-6-13(12)17(10-15(19)20)14(18)8-7-11-4-3-9-21-11/h1-2,5-6,11H,3-4,7-10,16H2,(H,19,20). The first-order valence-electron chi connectivity index (χ1n) is 7.06. The minimum atomic E-state index is -1.07. The number of carboxylic acid groups (broad SMARTS) is 1. The Morgan fingerprint density at radius 3 is 2.76 bits per heavy atom. The van der Waals surface area contributed by atoms with Crippen molar-refractivity contribution in [3.63, 3.8) is 0 Å². The molecular formula is C15H20N2O4. The molecule has 2 rings (SSSR count). The number of benzene rings is 1. The number of amides is 1. The topological polar surface area (TPSA) is 92.9 Å². The van der Waals surface area contributed by atoms with Crippen LogP contribution in [0.3, 0.4) is 0 Å². The molecule has 0 aliphatic carbocycles. The zero-order chi connectivity index (χ0) is 15.2. The SMILES string of the molecule is Nc1ccccc1N(CC(=O)O)C(=O)CCC1CCCO1. The Morgan fingerprint density at radius 1 is 1.38 bits per heavy atom. The van der Waals surface area contributed by atoms with Crippen LogP contribution in [-0.4, -0.2) is 36.2 Å². The quantitative estimate of drug-likeness (QED) is 0.778. The molecule has 1 amide bonds. The summed E-state index contributed by atoms with van der Waals surface area (Å²) in [4.78, 5) is 24.6. The Hall–Kier alpha value is -2.08. The Bertz CT molecular complexity index is 512. The fraction of sp³-hybridized carbons (Fsp3) is 0.467. The summed E-state index contributed by atoms with van der Waals surface area (Å²) < 4.78 is 5.48. The maximum absolute atomic E-state index is 12.3. The first-order valence-corrected chi connectivity index (χ1v) is 7.06. The van der Waals surface area contributed by atoms with Crippen molar-refractivity contribution < 1.29 is 19.4 Å². The molecule has 114 valence electrons. The lowest BCUT2D eigenvalue weighted by atomic mass is 10.1. The van der Waals surface area contributed by atoms with Crippen LogP contribution >= 0.6 is 0 Å². The number of carbonyl (C=O) groups is 2. The molecule has 0 aromatic heterocycles. The summed E-state index contributed by atoms with van der Waals surface area (Å²) >= 11 is 0. The third-order valence-corrected chi connectivity index (χ3v) is 3.53. The van der Waals surface area contributed by atoms with E-state index in [-0.39, 0.29) is 18.4 Å². The predicted molar refractivity (Wildman–Crippen MR) is 79.1 cm³/mol. The van der Waals surface area contributed by atoms with Crippen molar-refractivity contribution in [3.8, 4) is 0 Å². The number of rotatable bonds is 6. The second-order valence-electron chi connectivity index (χ2n) is 5.11. The molecule has 0 bridgehead atoms. The zero-order valence-corrected chi connectivity index (χ0v) is 11.8. The molecule has 1 heterocycles. The van der Waals surface area contributed by atoms with Crippen molar-refractivity contribution >= 4 is 23.3 Å². The van der Waals surface area contributed by atoms with E-state index in [1.807, 2.05) is 0 Å². The van der Waals surface area contributed by atoms with Crippen LogP contribution in [0.5, 0.6) is 0 Å². The van der Waals surface area contributed by atoms with Crippen molar-refractivity contribution in [1.29, 1.82) is 0 Å². The molecule has 1 aliphatic heterocycles. The van der Waals surface area contributed by atoms with Gasteiger partial charge in [0.15, 0.2) is 0 Å². The molecular weight excluding hydrogens is 272 g/mol. The van der Waals surface area contributed by atoms with E-state index in [4.69, 9.17) is 15.6 Å². The molecule has 6 nitrogen and oxygen atoms in total. The summed E-state index contributed by atoms with van der Waals surface area (Å²) in [6.07, 6.45) is 2.95. The van der Waals surface area contributed by atoms with E-state index >= 15 is 0 Å². The van der Waals surface area contributed by atoms with Gasteiger partial charge in [0, 0.05) is 13.0 Å². The molecule has 1 aromatic carbocycles. The van der Waals surface area contributed by atoms with Crippen LogP contribution in [-0.2, 0) is 14.3 Å². The summed E-state index contributed by atoms with van der Waals surface area (Å²) in [5.41, 5.74) is 6.68. The van der Waals surface area contributed by atoms with Gasteiger partial charge in [-0.05, 0) is 31.4 Å². The van der Waals surface area contributed by atoms with Crippen LogP contribution in [0.25, 0.3) is 0 Å². The molecule has 1 saturated heterocycles. The second kappa shape index (κ2) is 7.08. The summed E-state index contributed by atoms with van der Waals surface area (Å²) in [7, 11) is 0. The fourth-order valence-electron chi connectivity index (χ4n) is 2.47. The van der Waals surface area contributed by atoms with Crippen LogP contribution in [0.1, 0.15) is 25.7 Å². The molecule has 1 unspecified atom stereocenters. The number of carbonyl (C=O) groups excluding carboxylic acids is 1. The summed E-state index contributed by atoms with van der Waals surface area (Å²) in [5, 5.41) is 9.01. The molecule has 0 radical (unpaired) electrons. The largest absolute Gasteiger partial charge is 0.480 e. The van der Waals surface area contributed by atoms with Gasteiger partial charge < -0.3 is 15.6 Å². The van der Waals surface area contributed by atoms with E-state index in [9.17, 15) is 9.59 Å². The van der Waals surface area contributed by atoms with Gasteiger partial charge in [0.25, 0.3) is 0 Å². The van der Waals surface area contributed by atoms with E-state index in [1.165, 1.54) is 4.90 Å². The molecule has 0 spiro atoms. The van der Waals surface area contributed by atoms with Gasteiger partial charge in [0.05, 0.1) is 17.5 Å². The van der Waals surface area contributed by atoms with Crippen molar-refractivity contribution in [3.05, 3.63) is 24.3 Å². The third-order valence-electron chi connectivity index (χ3n) is 3.53. The highest BCUT2D eigenvalue weighted by Crippen LogP contribution is 2.24. The van der Waals surface area contributed by atoms with Crippen molar-refractivity contribution in [2.45, 2.75) is 31.8 Å². The highest BCUT2D eigenvalue weighted by atomic mass is 16.5. The number of para-hydroxylation sites is 2. The normalized spacial score (nSPS) is 17.6. The average molecular weight is 292 g/mol. The second-order valence-corrected chi connectivity index (χ2v) is 5.11. The number of aliphatic carboxylic acids is 1. The number of ether oxygens (including phenoxy) is 1. The number of hydrogen-bond donors (Lipinski definition) is 2. The Morgan fingerprint density at radius 2 is 2.14 bits per heavy atom. The molecule has 0 saturated carbocycles. The lowest BCUT2D eigenvalue weighted by Gasteiger charge is -2.23. The van der Waals surface area contributed by atoms with Gasteiger partial charge in [-0.2, -0.15) is 0 Å². The van der Waals surface area contributed by atoms with Crippen molar-refractivity contribution in [2.24, 2.45) is 0 Å². The van der Waals surface area contributed by atoms with Gasteiger partial charge in [0.2, 0.25) is 5.91 Å². The maximum atomic E-state index is 12.3. The highest BCUT2D eigenvalue weighted by molar-refractivity contribution is 5.99. The third kappa shape index (κ3) is 4.19. The minimum absolute atomic E-state index is 0.105. The molecule has 1 atom stereocenters. The molecule has 1 aromatic rings. The van der Waals surface area contributed by atoms with Gasteiger partial charge in [-0.25, -0.2) is 0 Å². The van der Waals surface area contributed by atoms with Crippen molar-refractivity contribution in [1.82, 2.24) is 0 Å². The first kappa shape index (κ1) is 15.3. The molecule has 1 fully saturated rings. The number of carboxylic acids is 1. The lowest BCUT2D eigenvalue weighted by Crippen LogP contribution is -2.36. The molecule has 21 heavy (non-hydrogen) atoms. The van der Waals surface area contributed by atoms with E-state index in [2.05, 4.69) is 0 Å². The number of hydrogen-bond acceptors (Lipinski definition) is 4. The van der Waals surface area contributed by atoms with E-state index in [1.54, 1.807) is 24.3 Å². The maximum Gasteiger partial charge on any atom is 0.323 e. The number of nitrogens with two attached hydrogens (primary N) is 1. The van der Waals surface area contributed by atoms with Crippen LogP contribution in [0.4, 0.5) is 11.4 Å².